The maximum Gasteiger partial charge on any atom is 0.345 e. The van der Waals surface area contributed by atoms with Crippen molar-refractivity contribution in [2.45, 2.75) is 6.54 Å². The Morgan fingerprint density at radius 2 is 1.72 bits per heavy atom. The van der Waals surface area contributed by atoms with Crippen LogP contribution in [0.2, 0.25) is 10.0 Å². The minimum atomic E-state index is -0.587. The Kier molecular flexibility index (Phi) is 6.65. The fourth-order valence-corrected chi connectivity index (χ4v) is 4.19. The quantitative estimate of drug-likeness (QED) is 0.237. The Bertz CT molecular complexity index is 1240. The number of carbonyl (C=O) groups excluding carboxylic acids is 3. The topological polar surface area (TPSA) is 63.7 Å². The van der Waals surface area contributed by atoms with Gasteiger partial charge in [-0.2, -0.15) is 0 Å². The third-order valence-electron chi connectivity index (χ3n) is 4.59. The Labute approximate surface area is 198 Å². The normalized spacial score (nSPS) is 14.8. The van der Waals surface area contributed by atoms with E-state index >= 15 is 0 Å². The molecule has 0 aromatic heterocycles. The van der Waals surface area contributed by atoms with Crippen LogP contribution in [0.25, 0.3) is 6.08 Å². The zero-order valence-corrected chi connectivity index (χ0v) is 18.8. The Balaban J connectivity index is 1.49. The predicted octanol–water partition coefficient (Wildman–Crippen LogP) is 6.45. The summed E-state index contributed by atoms with van der Waals surface area (Å²) in [6.45, 7) is 0.161. The maximum absolute atomic E-state index is 12.8. The van der Waals surface area contributed by atoms with E-state index in [0.717, 1.165) is 17.3 Å². The van der Waals surface area contributed by atoms with E-state index in [9.17, 15) is 14.4 Å². The standard InChI is InChI=1S/C24H15Cl2NO4S/c25-17-10-8-15(9-11-17)14-27-22(28)21(32-24(27)30)13-16-4-3-5-18(12-16)31-23(29)19-6-1-2-7-20(19)26/h1-13H,14H2/b21-13-. The summed E-state index contributed by atoms with van der Waals surface area (Å²) in [5.74, 6) is -0.673. The zero-order chi connectivity index (χ0) is 22.7. The highest BCUT2D eigenvalue weighted by Crippen LogP contribution is 2.34. The second-order valence-electron chi connectivity index (χ2n) is 6.84. The van der Waals surface area contributed by atoms with Crippen LogP contribution in [0.5, 0.6) is 5.75 Å². The van der Waals surface area contributed by atoms with Crippen LogP contribution < -0.4 is 4.74 Å². The van der Waals surface area contributed by atoms with Gasteiger partial charge in [-0.05, 0) is 65.4 Å². The second-order valence-corrected chi connectivity index (χ2v) is 8.67. The number of nitrogens with zero attached hydrogens (tertiary/aromatic N) is 1. The van der Waals surface area contributed by atoms with Crippen molar-refractivity contribution in [2.75, 3.05) is 0 Å². The number of imide groups is 1. The van der Waals surface area contributed by atoms with E-state index in [1.807, 2.05) is 0 Å². The van der Waals surface area contributed by atoms with Crippen LogP contribution in [-0.4, -0.2) is 22.0 Å². The minimum Gasteiger partial charge on any atom is -0.423 e. The lowest BCUT2D eigenvalue weighted by molar-refractivity contribution is -0.123. The van der Waals surface area contributed by atoms with Crippen molar-refractivity contribution in [1.29, 1.82) is 0 Å². The molecule has 0 aliphatic carbocycles. The van der Waals surface area contributed by atoms with Crippen molar-refractivity contribution in [3.63, 3.8) is 0 Å². The number of esters is 1. The van der Waals surface area contributed by atoms with E-state index in [1.165, 1.54) is 4.90 Å². The lowest BCUT2D eigenvalue weighted by Gasteiger charge is -2.12. The molecule has 1 aliphatic rings. The lowest BCUT2D eigenvalue weighted by atomic mass is 10.2. The number of amides is 2. The summed E-state index contributed by atoms with van der Waals surface area (Å²) >= 11 is 12.8. The summed E-state index contributed by atoms with van der Waals surface area (Å²) in [6, 6.07) is 20.2. The smallest absolute Gasteiger partial charge is 0.345 e. The maximum atomic E-state index is 12.8. The number of hydrogen-bond donors (Lipinski definition) is 0. The fourth-order valence-electron chi connectivity index (χ4n) is 3.02. The van der Waals surface area contributed by atoms with Crippen molar-refractivity contribution in [3.05, 3.63) is 104 Å². The van der Waals surface area contributed by atoms with Gasteiger partial charge >= 0.3 is 5.97 Å². The molecule has 3 aromatic carbocycles. The van der Waals surface area contributed by atoms with Crippen LogP contribution in [-0.2, 0) is 11.3 Å². The number of thioether (sulfide) groups is 1. The monoisotopic (exact) mass is 483 g/mol. The van der Waals surface area contributed by atoms with Gasteiger partial charge < -0.3 is 4.74 Å². The molecule has 0 spiro atoms. The van der Waals surface area contributed by atoms with Crippen LogP contribution in [0.4, 0.5) is 4.79 Å². The van der Waals surface area contributed by atoms with Crippen molar-refractivity contribution >= 4 is 58.2 Å². The minimum absolute atomic E-state index is 0.161. The Morgan fingerprint density at radius 1 is 0.969 bits per heavy atom. The molecule has 8 heteroatoms. The van der Waals surface area contributed by atoms with E-state index in [1.54, 1.807) is 78.9 Å². The molecule has 32 heavy (non-hydrogen) atoms. The fraction of sp³-hybridized carbons (Fsp3) is 0.0417. The summed E-state index contributed by atoms with van der Waals surface area (Å²) < 4.78 is 5.41. The van der Waals surface area contributed by atoms with Crippen LogP contribution in [0, 0.1) is 0 Å². The summed E-state index contributed by atoms with van der Waals surface area (Å²) in [5.41, 5.74) is 1.67. The molecule has 1 heterocycles. The van der Waals surface area contributed by atoms with Gasteiger partial charge in [0, 0.05) is 5.02 Å². The van der Waals surface area contributed by atoms with Crippen LogP contribution in [0.15, 0.2) is 77.7 Å². The molecule has 0 radical (unpaired) electrons. The van der Waals surface area contributed by atoms with Gasteiger partial charge in [0.15, 0.2) is 0 Å². The summed E-state index contributed by atoms with van der Waals surface area (Å²) in [5, 5.41) is 0.526. The average Bonchev–Trinajstić information content (AvgIpc) is 3.03. The van der Waals surface area contributed by atoms with Gasteiger partial charge in [0.1, 0.15) is 5.75 Å². The molecule has 2 amide bonds. The molecule has 0 saturated carbocycles. The van der Waals surface area contributed by atoms with Crippen LogP contribution in [0.3, 0.4) is 0 Å². The highest BCUT2D eigenvalue weighted by atomic mass is 35.5. The van der Waals surface area contributed by atoms with E-state index in [4.69, 9.17) is 27.9 Å². The number of benzene rings is 3. The number of carbonyl (C=O) groups is 3. The molecule has 5 nitrogen and oxygen atoms in total. The molecule has 1 aliphatic heterocycles. The molecule has 160 valence electrons. The molecule has 3 aromatic rings. The first-order valence-electron chi connectivity index (χ1n) is 9.47. The lowest BCUT2D eigenvalue weighted by Crippen LogP contribution is -2.27. The SMILES string of the molecule is O=C(Oc1cccc(/C=C2\SC(=O)N(Cc3ccc(Cl)cc3)C2=O)c1)c1ccccc1Cl. The number of halogens is 2. The van der Waals surface area contributed by atoms with E-state index in [2.05, 4.69) is 0 Å². The van der Waals surface area contributed by atoms with E-state index in [0.29, 0.717) is 26.3 Å². The number of rotatable bonds is 5. The highest BCUT2D eigenvalue weighted by Gasteiger charge is 2.35. The van der Waals surface area contributed by atoms with Gasteiger partial charge in [-0.25, -0.2) is 4.79 Å². The van der Waals surface area contributed by atoms with Gasteiger partial charge in [-0.3, -0.25) is 14.5 Å². The summed E-state index contributed by atoms with van der Waals surface area (Å²) in [4.78, 5) is 39.0. The molecule has 0 atom stereocenters. The van der Waals surface area contributed by atoms with E-state index < -0.39 is 5.97 Å². The first-order valence-corrected chi connectivity index (χ1v) is 11.0. The highest BCUT2D eigenvalue weighted by molar-refractivity contribution is 8.18. The number of ether oxygens (including phenoxy) is 1. The summed E-state index contributed by atoms with van der Waals surface area (Å²) in [6.07, 6.45) is 1.60. The van der Waals surface area contributed by atoms with Gasteiger partial charge in [-0.15, -0.1) is 0 Å². The molecular formula is C24H15Cl2NO4S. The largest absolute Gasteiger partial charge is 0.423 e. The molecule has 1 saturated heterocycles. The first kappa shape index (κ1) is 22.1. The first-order chi connectivity index (χ1) is 15.4. The third kappa shape index (κ3) is 5.05. The van der Waals surface area contributed by atoms with Gasteiger partial charge in [0.25, 0.3) is 11.1 Å². The molecule has 1 fully saturated rings. The van der Waals surface area contributed by atoms with Crippen molar-refractivity contribution in [1.82, 2.24) is 4.90 Å². The molecule has 0 bridgehead atoms. The average molecular weight is 484 g/mol. The van der Waals surface area contributed by atoms with Crippen LogP contribution in [0.1, 0.15) is 21.5 Å². The van der Waals surface area contributed by atoms with Crippen molar-refractivity contribution < 1.29 is 19.1 Å². The van der Waals surface area contributed by atoms with Crippen molar-refractivity contribution in [2.24, 2.45) is 0 Å². The predicted molar refractivity (Wildman–Crippen MR) is 126 cm³/mol. The summed E-state index contributed by atoms with van der Waals surface area (Å²) in [7, 11) is 0. The van der Waals surface area contributed by atoms with Gasteiger partial charge in [0.05, 0.1) is 22.0 Å². The Morgan fingerprint density at radius 3 is 2.47 bits per heavy atom. The van der Waals surface area contributed by atoms with Gasteiger partial charge in [-0.1, -0.05) is 59.6 Å². The molecule has 0 N–H and O–H groups in total. The molecular weight excluding hydrogens is 469 g/mol. The zero-order valence-electron chi connectivity index (χ0n) is 16.5. The molecule has 0 unspecified atom stereocenters. The second kappa shape index (κ2) is 9.61. The van der Waals surface area contributed by atoms with Gasteiger partial charge in [0.2, 0.25) is 0 Å². The molecule has 4 rings (SSSR count). The van der Waals surface area contributed by atoms with Crippen LogP contribution >= 0.6 is 35.0 Å². The number of hydrogen-bond acceptors (Lipinski definition) is 5. The third-order valence-corrected chi connectivity index (χ3v) is 6.08. The van der Waals surface area contributed by atoms with E-state index in [-0.39, 0.29) is 23.3 Å². The Hall–Kier alpha value is -3.06. The van der Waals surface area contributed by atoms with Crippen molar-refractivity contribution in [3.8, 4) is 5.75 Å².